The van der Waals surface area contributed by atoms with Gasteiger partial charge in [-0.1, -0.05) is 30.3 Å². The second kappa shape index (κ2) is 9.44. The second-order valence-corrected chi connectivity index (χ2v) is 8.42. The van der Waals surface area contributed by atoms with E-state index in [9.17, 15) is 0 Å². The minimum atomic E-state index is 0.559. The molecule has 1 N–H and O–H groups in total. The lowest BCUT2D eigenvalue weighted by Crippen LogP contribution is -2.43. The van der Waals surface area contributed by atoms with E-state index in [2.05, 4.69) is 44.6 Å². The van der Waals surface area contributed by atoms with Crippen molar-refractivity contribution in [2.24, 2.45) is 7.05 Å². The number of benzene rings is 1. The van der Waals surface area contributed by atoms with Crippen LogP contribution < -0.4 is 10.2 Å². The first-order valence-corrected chi connectivity index (χ1v) is 11.4. The molecule has 164 valence electrons. The number of aryl methyl sites for hydroxylation is 2. The van der Waals surface area contributed by atoms with Gasteiger partial charge in [-0.15, -0.1) is 0 Å². The number of fused-ring (bicyclic) bond motifs is 1. The molecule has 0 spiro atoms. The van der Waals surface area contributed by atoms with Gasteiger partial charge < -0.3 is 10.2 Å². The molecule has 3 aromatic heterocycles. The van der Waals surface area contributed by atoms with Gasteiger partial charge in [0.05, 0.1) is 11.6 Å². The zero-order chi connectivity index (χ0) is 21.8. The molecule has 0 radical (unpaired) electrons. The third-order valence-corrected chi connectivity index (χ3v) is 6.22. The predicted octanol–water partition coefficient (Wildman–Crippen LogP) is 3.62. The highest BCUT2D eigenvalue weighted by atomic mass is 15.3. The van der Waals surface area contributed by atoms with E-state index in [0.717, 1.165) is 73.6 Å². The second-order valence-electron chi connectivity index (χ2n) is 8.42. The first-order valence-electron chi connectivity index (χ1n) is 11.4. The molecule has 1 fully saturated rings. The number of hydrogen-bond donors (Lipinski definition) is 1. The summed E-state index contributed by atoms with van der Waals surface area (Å²) < 4.78 is 1.84. The molecule has 0 amide bonds. The summed E-state index contributed by atoms with van der Waals surface area (Å²) in [5.41, 5.74) is 3.27. The van der Waals surface area contributed by atoms with E-state index < -0.39 is 0 Å². The minimum absolute atomic E-state index is 0.559. The molecule has 0 atom stereocenters. The monoisotopic (exact) mass is 427 g/mol. The smallest absolute Gasteiger partial charge is 0.163 e. The summed E-state index contributed by atoms with van der Waals surface area (Å²) in [6.45, 7) is 3.01. The molecule has 0 aliphatic carbocycles. The van der Waals surface area contributed by atoms with Crippen molar-refractivity contribution >= 4 is 16.9 Å². The van der Waals surface area contributed by atoms with Crippen LogP contribution in [0.4, 0.5) is 5.82 Å². The van der Waals surface area contributed by atoms with Gasteiger partial charge in [-0.2, -0.15) is 5.10 Å². The third kappa shape index (κ3) is 4.48. The number of nitrogens with one attached hydrogen (secondary N) is 1. The zero-order valence-electron chi connectivity index (χ0n) is 18.5. The van der Waals surface area contributed by atoms with Crippen LogP contribution in [0.3, 0.4) is 0 Å². The Hall–Kier alpha value is -3.32. The molecule has 0 unspecified atom stereocenters. The zero-order valence-corrected chi connectivity index (χ0v) is 18.5. The van der Waals surface area contributed by atoms with Gasteiger partial charge in [-0.05, 0) is 49.9 Å². The van der Waals surface area contributed by atoms with Crippen LogP contribution in [0.5, 0.6) is 0 Å². The van der Waals surface area contributed by atoms with Crippen molar-refractivity contribution in [2.75, 3.05) is 24.5 Å². The van der Waals surface area contributed by atoms with E-state index in [1.54, 1.807) is 0 Å². The van der Waals surface area contributed by atoms with Gasteiger partial charge in [0.1, 0.15) is 5.82 Å². The fraction of sp³-hybridized carbons (Fsp3) is 0.360. The Morgan fingerprint density at radius 3 is 2.56 bits per heavy atom. The fourth-order valence-corrected chi connectivity index (χ4v) is 4.41. The maximum atomic E-state index is 4.98. The van der Waals surface area contributed by atoms with Crippen LogP contribution in [0.2, 0.25) is 0 Å². The van der Waals surface area contributed by atoms with Crippen molar-refractivity contribution in [1.29, 1.82) is 0 Å². The van der Waals surface area contributed by atoms with E-state index in [-0.39, 0.29) is 0 Å². The number of pyridine rings is 1. The lowest BCUT2D eigenvalue weighted by atomic mass is 10.0. The number of nitrogens with zero attached hydrogens (tertiary/aromatic N) is 6. The van der Waals surface area contributed by atoms with Gasteiger partial charge in [0.2, 0.25) is 0 Å². The molecular formula is C25H29N7. The lowest BCUT2D eigenvalue weighted by molar-refractivity contribution is 0.412. The minimum Gasteiger partial charge on any atom is -0.356 e. The molecule has 5 rings (SSSR count). The standard InChI is InChI=1S/C25H29N7/c1-31-24-22(18-28-31)25(30-23(29-24)20-7-3-2-4-8-20)32-16-11-21(12-17-32)27-13-5-6-19-9-14-26-15-10-19/h2-4,7-10,14-15,18,21,27H,5-6,11-13,16-17H2,1H3. The van der Waals surface area contributed by atoms with Crippen LogP contribution in [-0.4, -0.2) is 50.4 Å². The summed E-state index contributed by atoms with van der Waals surface area (Å²) in [4.78, 5) is 16.3. The highest BCUT2D eigenvalue weighted by Gasteiger charge is 2.23. The Morgan fingerprint density at radius 2 is 1.78 bits per heavy atom. The van der Waals surface area contributed by atoms with E-state index in [4.69, 9.17) is 9.97 Å². The first-order chi connectivity index (χ1) is 15.8. The van der Waals surface area contributed by atoms with Gasteiger partial charge in [-0.25, -0.2) is 9.97 Å². The molecule has 0 bridgehead atoms. The van der Waals surface area contributed by atoms with Gasteiger partial charge in [-0.3, -0.25) is 9.67 Å². The SMILES string of the molecule is Cn1ncc2c(N3CCC(NCCCc4ccncc4)CC3)nc(-c3ccccc3)nc21. The van der Waals surface area contributed by atoms with Crippen LogP contribution in [0, 0.1) is 0 Å². The summed E-state index contributed by atoms with van der Waals surface area (Å²) in [7, 11) is 1.94. The van der Waals surface area contributed by atoms with Gasteiger partial charge in [0.25, 0.3) is 0 Å². The van der Waals surface area contributed by atoms with Crippen LogP contribution in [-0.2, 0) is 13.5 Å². The Bertz CT molecular complexity index is 1150. The number of rotatable bonds is 7. The molecule has 0 saturated carbocycles. The number of anilines is 1. The summed E-state index contributed by atoms with van der Waals surface area (Å²) in [6.07, 6.45) is 10.1. The summed E-state index contributed by atoms with van der Waals surface area (Å²) >= 11 is 0. The fourth-order valence-electron chi connectivity index (χ4n) is 4.41. The van der Waals surface area contributed by atoms with E-state index in [1.807, 2.05) is 48.5 Å². The Balaban J connectivity index is 1.24. The van der Waals surface area contributed by atoms with Crippen LogP contribution in [0.1, 0.15) is 24.8 Å². The van der Waals surface area contributed by atoms with E-state index in [1.165, 1.54) is 5.56 Å². The average Bonchev–Trinajstić information content (AvgIpc) is 3.23. The van der Waals surface area contributed by atoms with Crippen LogP contribution in [0.25, 0.3) is 22.4 Å². The largest absolute Gasteiger partial charge is 0.356 e. The Kier molecular flexibility index (Phi) is 6.07. The van der Waals surface area contributed by atoms with Gasteiger partial charge in [0.15, 0.2) is 11.5 Å². The lowest BCUT2D eigenvalue weighted by Gasteiger charge is -2.33. The van der Waals surface area contributed by atoms with Crippen molar-refractivity contribution in [3.05, 3.63) is 66.6 Å². The molecular weight excluding hydrogens is 398 g/mol. The predicted molar refractivity (Wildman–Crippen MR) is 128 cm³/mol. The normalized spacial score (nSPS) is 14.8. The molecule has 1 aliphatic heterocycles. The first kappa shape index (κ1) is 20.6. The molecule has 7 heteroatoms. The van der Waals surface area contributed by atoms with Crippen molar-refractivity contribution in [2.45, 2.75) is 31.7 Å². The quantitative estimate of drug-likeness (QED) is 0.454. The molecule has 7 nitrogen and oxygen atoms in total. The third-order valence-electron chi connectivity index (χ3n) is 6.22. The maximum Gasteiger partial charge on any atom is 0.163 e. The van der Waals surface area contributed by atoms with Crippen LogP contribution >= 0.6 is 0 Å². The topological polar surface area (TPSA) is 71.8 Å². The number of hydrogen-bond acceptors (Lipinski definition) is 6. The summed E-state index contributed by atoms with van der Waals surface area (Å²) in [6, 6.07) is 14.9. The number of piperidine rings is 1. The Morgan fingerprint density at radius 1 is 1.00 bits per heavy atom. The summed E-state index contributed by atoms with van der Waals surface area (Å²) in [5.74, 6) is 1.76. The Labute approximate surface area is 188 Å². The van der Waals surface area contributed by atoms with E-state index >= 15 is 0 Å². The average molecular weight is 428 g/mol. The highest BCUT2D eigenvalue weighted by Crippen LogP contribution is 2.29. The van der Waals surface area contributed by atoms with Gasteiger partial charge >= 0.3 is 0 Å². The summed E-state index contributed by atoms with van der Waals surface area (Å²) in [5, 5.41) is 9.22. The van der Waals surface area contributed by atoms with Crippen molar-refractivity contribution in [1.82, 2.24) is 30.0 Å². The van der Waals surface area contributed by atoms with Gasteiger partial charge in [0, 0.05) is 44.1 Å². The molecule has 4 aromatic rings. The van der Waals surface area contributed by atoms with E-state index in [0.29, 0.717) is 6.04 Å². The molecule has 1 aliphatic rings. The number of aromatic nitrogens is 5. The highest BCUT2D eigenvalue weighted by molar-refractivity contribution is 5.88. The maximum absolute atomic E-state index is 4.98. The van der Waals surface area contributed by atoms with Crippen molar-refractivity contribution < 1.29 is 0 Å². The van der Waals surface area contributed by atoms with Crippen molar-refractivity contribution in [3.63, 3.8) is 0 Å². The molecule has 1 aromatic carbocycles. The molecule has 1 saturated heterocycles. The molecule has 4 heterocycles. The van der Waals surface area contributed by atoms with Crippen LogP contribution in [0.15, 0.2) is 61.1 Å². The molecule has 32 heavy (non-hydrogen) atoms. The van der Waals surface area contributed by atoms with Crippen molar-refractivity contribution in [3.8, 4) is 11.4 Å².